The molecule has 1 saturated carbocycles. The van der Waals surface area contributed by atoms with Crippen molar-refractivity contribution in [2.75, 3.05) is 11.9 Å². The normalized spacial score (nSPS) is 24.4. The van der Waals surface area contributed by atoms with Crippen LogP contribution in [0, 0.1) is 5.92 Å². The first-order chi connectivity index (χ1) is 6.08. The molecule has 1 aliphatic carbocycles. The summed E-state index contributed by atoms with van der Waals surface area (Å²) in [5.74, 6) is 0.360. The van der Waals surface area contributed by atoms with Crippen LogP contribution in [0.4, 0.5) is 5.13 Å². The second-order valence-corrected chi connectivity index (χ2v) is 6.96. The monoisotopic (exact) mass is 300 g/mol. The van der Waals surface area contributed by atoms with Crippen LogP contribution in [-0.2, 0) is 0 Å². The van der Waals surface area contributed by atoms with Gasteiger partial charge in [-0.05, 0) is 22.4 Å². The molecule has 0 saturated heterocycles. The fourth-order valence-corrected chi connectivity index (χ4v) is 2.68. The van der Waals surface area contributed by atoms with Gasteiger partial charge in [-0.15, -0.1) is 23.2 Å². The highest BCUT2D eigenvalue weighted by Crippen LogP contribution is 2.53. The molecule has 0 aromatic carbocycles. The van der Waals surface area contributed by atoms with Gasteiger partial charge in [-0.1, -0.05) is 11.3 Å². The summed E-state index contributed by atoms with van der Waals surface area (Å²) in [5, 5.41) is 4.10. The van der Waals surface area contributed by atoms with E-state index < -0.39 is 4.33 Å². The maximum Gasteiger partial charge on any atom is 0.183 e. The van der Waals surface area contributed by atoms with Gasteiger partial charge in [-0.25, -0.2) is 4.98 Å². The van der Waals surface area contributed by atoms with Crippen molar-refractivity contribution >= 4 is 55.6 Å². The Morgan fingerprint density at radius 3 is 2.92 bits per heavy atom. The lowest BCUT2D eigenvalue weighted by Gasteiger charge is -2.00. The first-order valence-electron chi connectivity index (χ1n) is 3.81. The van der Waals surface area contributed by atoms with Gasteiger partial charge in [0.25, 0.3) is 0 Å². The zero-order valence-corrected chi connectivity index (χ0v) is 10.5. The van der Waals surface area contributed by atoms with E-state index in [1.54, 1.807) is 17.5 Å². The zero-order chi connectivity index (χ0) is 9.47. The molecular weight excluding hydrogens is 295 g/mol. The maximum atomic E-state index is 5.88. The van der Waals surface area contributed by atoms with E-state index in [1.165, 1.54) is 0 Å². The van der Waals surface area contributed by atoms with E-state index in [0.717, 1.165) is 21.9 Å². The summed E-state index contributed by atoms with van der Waals surface area (Å²) in [6, 6.07) is 0. The molecule has 0 aliphatic heterocycles. The van der Waals surface area contributed by atoms with Gasteiger partial charge >= 0.3 is 0 Å². The molecule has 2 rings (SSSR count). The third kappa shape index (κ3) is 2.49. The summed E-state index contributed by atoms with van der Waals surface area (Å²) in [6.45, 7) is 0.799. The quantitative estimate of drug-likeness (QED) is 0.864. The van der Waals surface area contributed by atoms with Crippen molar-refractivity contribution < 1.29 is 0 Å². The molecule has 1 N–H and O–H groups in total. The van der Waals surface area contributed by atoms with Crippen LogP contribution < -0.4 is 5.32 Å². The highest BCUT2D eigenvalue weighted by molar-refractivity contribution is 9.11. The third-order valence-electron chi connectivity index (χ3n) is 1.93. The summed E-state index contributed by atoms with van der Waals surface area (Å²) in [4.78, 5) is 4.14. The molecule has 1 atom stereocenters. The van der Waals surface area contributed by atoms with Gasteiger partial charge in [0.15, 0.2) is 5.13 Å². The number of aromatic nitrogens is 1. The molecule has 1 aliphatic rings. The largest absolute Gasteiger partial charge is 0.361 e. The second-order valence-electron chi connectivity index (χ2n) is 3.01. The Hall–Kier alpha value is 0.490. The van der Waals surface area contributed by atoms with Crippen LogP contribution in [-0.4, -0.2) is 15.9 Å². The summed E-state index contributed by atoms with van der Waals surface area (Å²) in [7, 11) is 0. The van der Waals surface area contributed by atoms with Crippen LogP contribution in [0.5, 0.6) is 0 Å². The first-order valence-corrected chi connectivity index (χ1v) is 6.17. The molecule has 1 heterocycles. The summed E-state index contributed by atoms with van der Waals surface area (Å²) >= 11 is 16.7. The fraction of sp³-hybridized carbons (Fsp3) is 0.571. The highest BCUT2D eigenvalue weighted by atomic mass is 79.9. The van der Waals surface area contributed by atoms with Crippen molar-refractivity contribution in [2.24, 2.45) is 5.92 Å². The van der Waals surface area contributed by atoms with Crippen molar-refractivity contribution in [3.05, 3.63) is 9.98 Å². The van der Waals surface area contributed by atoms with E-state index in [4.69, 9.17) is 23.2 Å². The number of halogens is 3. The second kappa shape index (κ2) is 3.57. The summed E-state index contributed by atoms with van der Waals surface area (Å²) in [5.41, 5.74) is 0. The molecule has 13 heavy (non-hydrogen) atoms. The van der Waals surface area contributed by atoms with Crippen LogP contribution in [0.3, 0.4) is 0 Å². The van der Waals surface area contributed by atoms with Crippen molar-refractivity contribution in [3.63, 3.8) is 0 Å². The average Bonchev–Trinajstić information content (AvgIpc) is 2.45. The SMILES string of the molecule is ClC1(Cl)CC1CNc1ncc(Br)s1. The number of nitrogens with zero attached hydrogens (tertiary/aromatic N) is 1. The van der Waals surface area contributed by atoms with Crippen LogP contribution in [0.1, 0.15) is 6.42 Å². The lowest BCUT2D eigenvalue weighted by atomic mass is 10.4. The predicted molar refractivity (Wildman–Crippen MR) is 60.8 cm³/mol. The lowest BCUT2D eigenvalue weighted by molar-refractivity contribution is 0.873. The van der Waals surface area contributed by atoms with Crippen molar-refractivity contribution in [1.29, 1.82) is 0 Å². The Balaban J connectivity index is 1.81. The number of thiazole rings is 1. The first kappa shape index (κ1) is 10.0. The Labute approximate surface area is 98.8 Å². The fourth-order valence-electron chi connectivity index (χ4n) is 1.04. The van der Waals surface area contributed by atoms with Gasteiger partial charge in [0.1, 0.15) is 4.33 Å². The van der Waals surface area contributed by atoms with Crippen LogP contribution >= 0.6 is 50.5 Å². The van der Waals surface area contributed by atoms with Gasteiger partial charge in [-0.2, -0.15) is 0 Å². The molecule has 1 aromatic rings. The minimum Gasteiger partial charge on any atom is -0.361 e. The topological polar surface area (TPSA) is 24.9 Å². The van der Waals surface area contributed by atoms with Crippen molar-refractivity contribution in [1.82, 2.24) is 4.98 Å². The van der Waals surface area contributed by atoms with Gasteiger partial charge in [0.2, 0.25) is 0 Å². The molecule has 1 fully saturated rings. The molecule has 72 valence electrons. The maximum absolute atomic E-state index is 5.88. The van der Waals surface area contributed by atoms with Crippen molar-refractivity contribution in [3.8, 4) is 0 Å². The number of hydrogen-bond donors (Lipinski definition) is 1. The molecule has 2 nitrogen and oxygen atoms in total. The van der Waals surface area contributed by atoms with Crippen LogP contribution in [0.25, 0.3) is 0 Å². The van der Waals surface area contributed by atoms with E-state index in [-0.39, 0.29) is 0 Å². The minimum atomic E-state index is -0.499. The average molecular weight is 302 g/mol. The molecule has 1 unspecified atom stereocenters. The van der Waals surface area contributed by atoms with E-state index in [0.29, 0.717) is 5.92 Å². The number of alkyl halides is 2. The summed E-state index contributed by atoms with van der Waals surface area (Å²) < 4.78 is 0.524. The Kier molecular flexibility index (Phi) is 2.75. The number of anilines is 1. The zero-order valence-electron chi connectivity index (χ0n) is 6.56. The Bertz CT molecular complexity index is 315. The van der Waals surface area contributed by atoms with Crippen molar-refractivity contribution in [2.45, 2.75) is 10.8 Å². The predicted octanol–water partition coefficient (Wildman–Crippen LogP) is 3.51. The molecule has 0 bridgehead atoms. The number of rotatable bonds is 3. The van der Waals surface area contributed by atoms with Gasteiger partial charge in [0.05, 0.1) is 9.98 Å². The van der Waals surface area contributed by atoms with E-state index in [1.807, 2.05) is 0 Å². The standard InChI is InChI=1S/C7H7BrCl2N2S/c8-5-3-12-6(13-5)11-2-4-1-7(4,9)10/h3-4H,1-2H2,(H,11,12). The Morgan fingerprint density at radius 2 is 2.46 bits per heavy atom. The molecular formula is C7H7BrCl2N2S. The van der Waals surface area contributed by atoms with Gasteiger partial charge in [0, 0.05) is 12.5 Å². The van der Waals surface area contributed by atoms with Crippen LogP contribution in [0.15, 0.2) is 9.98 Å². The Morgan fingerprint density at radius 1 is 1.77 bits per heavy atom. The molecule has 1 aromatic heterocycles. The number of nitrogens with one attached hydrogen (secondary N) is 1. The third-order valence-corrected chi connectivity index (χ3v) is 4.29. The minimum absolute atomic E-state index is 0.360. The molecule has 6 heteroatoms. The molecule has 0 amide bonds. The summed E-state index contributed by atoms with van der Waals surface area (Å²) in [6.07, 6.45) is 2.64. The molecule has 0 spiro atoms. The number of hydrogen-bond acceptors (Lipinski definition) is 3. The van der Waals surface area contributed by atoms with Gasteiger partial charge < -0.3 is 5.32 Å². The lowest BCUT2D eigenvalue weighted by Crippen LogP contribution is -2.06. The highest BCUT2D eigenvalue weighted by Gasteiger charge is 2.51. The van der Waals surface area contributed by atoms with Gasteiger partial charge in [-0.3, -0.25) is 0 Å². The van der Waals surface area contributed by atoms with E-state index >= 15 is 0 Å². The van der Waals surface area contributed by atoms with E-state index in [9.17, 15) is 0 Å². The molecule has 0 radical (unpaired) electrons. The van der Waals surface area contributed by atoms with Crippen LogP contribution in [0.2, 0.25) is 0 Å². The smallest absolute Gasteiger partial charge is 0.183 e. The van der Waals surface area contributed by atoms with E-state index in [2.05, 4.69) is 26.2 Å².